The number of urea groups is 1. The quantitative estimate of drug-likeness (QED) is 0.457. The van der Waals surface area contributed by atoms with E-state index in [1.165, 1.54) is 0 Å². The topological polar surface area (TPSA) is 58.2 Å². The van der Waals surface area contributed by atoms with E-state index in [1.54, 1.807) is 5.32 Å². The van der Waals surface area contributed by atoms with Crippen LogP contribution in [0.1, 0.15) is 10.4 Å². The first-order valence-corrected chi connectivity index (χ1v) is 6.87. The number of carbonyl (C=O) groups is 2. The summed E-state index contributed by atoms with van der Waals surface area (Å²) in [5, 5.41) is 1.89. The van der Waals surface area contributed by atoms with Crippen molar-refractivity contribution < 1.29 is 27.2 Å². The lowest BCUT2D eigenvalue weighted by atomic mass is 10.2. The first-order chi connectivity index (χ1) is 11.2. The molecule has 0 aliphatic heterocycles. The Morgan fingerprint density at radius 3 is 2.08 bits per heavy atom. The maximum absolute atomic E-state index is 13.5. The van der Waals surface area contributed by atoms with Crippen molar-refractivity contribution in [3.8, 4) is 0 Å². The minimum Gasteiger partial charge on any atom is -0.306 e. The lowest BCUT2D eigenvalue weighted by Crippen LogP contribution is -2.35. The van der Waals surface area contributed by atoms with Crippen LogP contribution >= 0.6 is 23.2 Å². The minimum absolute atomic E-state index is 0.532. The summed E-state index contributed by atoms with van der Waals surface area (Å²) in [6.07, 6.45) is 0. The van der Waals surface area contributed by atoms with Gasteiger partial charge in [-0.1, -0.05) is 29.3 Å². The molecule has 0 fully saturated rings. The van der Waals surface area contributed by atoms with Crippen LogP contribution in [0.4, 0.5) is 28.0 Å². The van der Waals surface area contributed by atoms with Gasteiger partial charge in [0.1, 0.15) is 33.1 Å². The maximum atomic E-state index is 13.5. The van der Waals surface area contributed by atoms with Crippen LogP contribution in [0.2, 0.25) is 10.0 Å². The van der Waals surface area contributed by atoms with Crippen LogP contribution in [0, 0.1) is 23.3 Å². The zero-order chi connectivity index (χ0) is 18.0. The SMILES string of the molecule is O=C(NC(=O)c1c(F)cccc1F)Nc1cc(F)c(Cl)c(F)c1Cl. The Hall–Kier alpha value is -2.32. The van der Waals surface area contributed by atoms with Gasteiger partial charge in [0.15, 0.2) is 5.82 Å². The molecule has 0 saturated carbocycles. The number of rotatable bonds is 2. The molecule has 0 atom stereocenters. The second-order valence-electron chi connectivity index (χ2n) is 4.35. The van der Waals surface area contributed by atoms with Gasteiger partial charge >= 0.3 is 6.03 Å². The molecule has 0 aromatic heterocycles. The molecule has 2 rings (SSSR count). The van der Waals surface area contributed by atoms with Crippen LogP contribution in [-0.2, 0) is 0 Å². The van der Waals surface area contributed by atoms with Crippen LogP contribution in [0.25, 0.3) is 0 Å². The molecule has 0 bridgehead atoms. The van der Waals surface area contributed by atoms with E-state index in [1.807, 2.05) is 5.32 Å². The van der Waals surface area contributed by atoms with E-state index in [4.69, 9.17) is 23.2 Å². The Bertz CT molecular complexity index is 826. The van der Waals surface area contributed by atoms with Crippen molar-refractivity contribution in [3.05, 3.63) is 63.1 Å². The van der Waals surface area contributed by atoms with Crippen LogP contribution in [0.5, 0.6) is 0 Å². The van der Waals surface area contributed by atoms with Gasteiger partial charge in [-0.25, -0.2) is 22.4 Å². The van der Waals surface area contributed by atoms with Crippen molar-refractivity contribution in [2.24, 2.45) is 0 Å². The first-order valence-electron chi connectivity index (χ1n) is 6.11. The van der Waals surface area contributed by atoms with E-state index in [-0.39, 0.29) is 0 Å². The number of hydrogen-bond acceptors (Lipinski definition) is 2. The summed E-state index contributed by atoms with van der Waals surface area (Å²) in [6.45, 7) is 0. The standard InChI is InChI=1S/C14H6Cl2F4N2O2/c15-10-7(19)4-8(11(16)12(10)20)21-14(24)22-13(23)9-5(17)2-1-3-6(9)18/h1-4H,(H2,21,22,23,24). The van der Waals surface area contributed by atoms with E-state index in [9.17, 15) is 27.2 Å². The number of hydrogen-bond donors (Lipinski definition) is 2. The highest BCUT2D eigenvalue weighted by Crippen LogP contribution is 2.32. The third-order valence-electron chi connectivity index (χ3n) is 2.77. The Morgan fingerprint density at radius 1 is 0.917 bits per heavy atom. The van der Waals surface area contributed by atoms with Crippen molar-refractivity contribution in [3.63, 3.8) is 0 Å². The van der Waals surface area contributed by atoms with E-state index < -0.39 is 56.5 Å². The molecule has 24 heavy (non-hydrogen) atoms. The highest BCUT2D eigenvalue weighted by atomic mass is 35.5. The lowest BCUT2D eigenvalue weighted by molar-refractivity contribution is 0.0959. The zero-order valence-corrected chi connectivity index (χ0v) is 12.9. The van der Waals surface area contributed by atoms with Crippen molar-refractivity contribution in [2.75, 3.05) is 5.32 Å². The van der Waals surface area contributed by atoms with Crippen molar-refractivity contribution in [2.45, 2.75) is 0 Å². The predicted molar refractivity (Wildman–Crippen MR) is 79.2 cm³/mol. The molecule has 2 N–H and O–H groups in total. The van der Waals surface area contributed by atoms with Gasteiger partial charge in [-0.05, 0) is 12.1 Å². The fraction of sp³-hybridized carbons (Fsp3) is 0. The molecular weight excluding hydrogens is 375 g/mol. The predicted octanol–water partition coefficient (Wildman–Crippen LogP) is 4.51. The second-order valence-corrected chi connectivity index (χ2v) is 5.11. The van der Waals surface area contributed by atoms with Crippen molar-refractivity contribution in [1.82, 2.24) is 5.32 Å². The molecule has 0 heterocycles. The molecule has 0 aliphatic carbocycles. The van der Waals surface area contributed by atoms with Gasteiger partial charge in [-0.15, -0.1) is 0 Å². The molecular formula is C14H6Cl2F4N2O2. The van der Waals surface area contributed by atoms with Gasteiger partial charge in [0.2, 0.25) is 0 Å². The summed E-state index contributed by atoms with van der Waals surface area (Å²) < 4.78 is 53.7. The van der Waals surface area contributed by atoms with Crippen molar-refractivity contribution in [1.29, 1.82) is 0 Å². The third kappa shape index (κ3) is 3.60. The van der Waals surface area contributed by atoms with Crippen LogP contribution in [-0.4, -0.2) is 11.9 Å². The fourth-order valence-electron chi connectivity index (χ4n) is 1.70. The van der Waals surface area contributed by atoms with Crippen molar-refractivity contribution >= 4 is 40.8 Å². The number of benzene rings is 2. The molecule has 2 aromatic rings. The molecule has 126 valence electrons. The summed E-state index contributed by atoms with van der Waals surface area (Å²) in [4.78, 5) is 23.4. The van der Waals surface area contributed by atoms with Crippen LogP contribution in [0.3, 0.4) is 0 Å². The summed E-state index contributed by atoms with van der Waals surface area (Å²) in [7, 11) is 0. The third-order valence-corrected chi connectivity index (χ3v) is 3.48. The van der Waals surface area contributed by atoms with Gasteiger partial charge < -0.3 is 5.32 Å². The molecule has 0 aliphatic rings. The molecule has 0 radical (unpaired) electrons. The summed E-state index contributed by atoms with van der Waals surface area (Å²) in [6, 6.07) is 1.96. The van der Waals surface area contributed by atoms with E-state index >= 15 is 0 Å². The smallest absolute Gasteiger partial charge is 0.306 e. The maximum Gasteiger partial charge on any atom is 0.326 e. The number of imide groups is 1. The van der Waals surface area contributed by atoms with E-state index in [0.29, 0.717) is 6.07 Å². The second kappa shape index (κ2) is 7.06. The molecule has 10 heteroatoms. The van der Waals surface area contributed by atoms with Gasteiger partial charge in [0.05, 0.1) is 5.69 Å². The molecule has 0 spiro atoms. The zero-order valence-electron chi connectivity index (χ0n) is 11.4. The highest BCUT2D eigenvalue weighted by Gasteiger charge is 2.21. The lowest BCUT2D eigenvalue weighted by Gasteiger charge is -2.10. The normalized spacial score (nSPS) is 10.4. The largest absolute Gasteiger partial charge is 0.326 e. The first kappa shape index (κ1) is 18.0. The van der Waals surface area contributed by atoms with E-state index in [2.05, 4.69) is 0 Å². The average Bonchev–Trinajstić information content (AvgIpc) is 2.50. The van der Waals surface area contributed by atoms with Crippen LogP contribution in [0.15, 0.2) is 24.3 Å². The number of anilines is 1. The number of carbonyl (C=O) groups excluding carboxylic acids is 2. The minimum atomic E-state index is -1.39. The van der Waals surface area contributed by atoms with Gasteiger partial charge in [0.25, 0.3) is 5.91 Å². The number of nitrogens with one attached hydrogen (secondary N) is 2. The van der Waals surface area contributed by atoms with Crippen LogP contribution < -0.4 is 10.6 Å². The Kier molecular flexibility index (Phi) is 5.30. The Labute approximate surface area is 142 Å². The molecule has 3 amide bonds. The average molecular weight is 381 g/mol. The molecule has 0 saturated heterocycles. The van der Waals surface area contributed by atoms with Gasteiger partial charge in [-0.2, -0.15) is 0 Å². The number of halogens is 6. The monoisotopic (exact) mass is 380 g/mol. The Morgan fingerprint density at radius 2 is 1.50 bits per heavy atom. The Balaban J connectivity index is 2.19. The molecule has 2 aromatic carbocycles. The van der Waals surface area contributed by atoms with Gasteiger partial charge in [-0.3, -0.25) is 10.1 Å². The highest BCUT2D eigenvalue weighted by molar-refractivity contribution is 6.37. The summed E-state index contributed by atoms with van der Waals surface area (Å²) >= 11 is 10.8. The summed E-state index contributed by atoms with van der Waals surface area (Å²) in [5.41, 5.74) is -1.53. The number of amides is 3. The fourth-order valence-corrected chi connectivity index (χ4v) is 2.09. The molecule has 4 nitrogen and oxygen atoms in total. The van der Waals surface area contributed by atoms with Gasteiger partial charge in [0, 0.05) is 6.07 Å². The summed E-state index contributed by atoms with van der Waals surface area (Å²) in [5.74, 6) is -6.31. The molecule has 0 unspecified atom stereocenters. The van der Waals surface area contributed by atoms with E-state index in [0.717, 1.165) is 18.2 Å².